The monoisotopic (exact) mass is 428 g/mol. The summed E-state index contributed by atoms with van der Waals surface area (Å²) in [7, 11) is 1.69. The number of ether oxygens (including phenoxy) is 1. The van der Waals surface area contributed by atoms with Crippen molar-refractivity contribution < 1.29 is 9.53 Å². The van der Waals surface area contributed by atoms with Crippen molar-refractivity contribution in [2.75, 3.05) is 33.3 Å². The maximum atomic E-state index is 12.9. The fraction of sp³-hybridized carbons (Fsp3) is 0.321. The molecule has 1 aliphatic heterocycles. The number of methoxy groups -OCH3 is 1. The van der Waals surface area contributed by atoms with Gasteiger partial charge in [-0.3, -0.25) is 9.69 Å². The summed E-state index contributed by atoms with van der Waals surface area (Å²) in [6.07, 6.45) is 1.31. The fourth-order valence-corrected chi connectivity index (χ4v) is 4.62. The summed E-state index contributed by atoms with van der Waals surface area (Å²) in [6, 6.07) is 27.7. The lowest BCUT2D eigenvalue weighted by molar-refractivity contribution is -0.133. The van der Waals surface area contributed by atoms with Crippen molar-refractivity contribution >= 4 is 5.91 Å². The molecule has 0 N–H and O–H groups in total. The first kappa shape index (κ1) is 22.1. The first-order valence-electron chi connectivity index (χ1n) is 11.4. The Hall–Kier alpha value is -3.11. The van der Waals surface area contributed by atoms with Gasteiger partial charge in [0, 0.05) is 32.6 Å². The Bertz CT molecular complexity index is 973. The summed E-state index contributed by atoms with van der Waals surface area (Å²) in [5.74, 6) is 1.14. The van der Waals surface area contributed by atoms with E-state index in [9.17, 15) is 4.79 Å². The van der Waals surface area contributed by atoms with Crippen LogP contribution in [0.5, 0.6) is 5.75 Å². The minimum absolute atomic E-state index is 0.219. The maximum absolute atomic E-state index is 12.9. The van der Waals surface area contributed by atoms with Crippen LogP contribution in [0.15, 0.2) is 78.9 Å². The Morgan fingerprint density at radius 1 is 0.875 bits per heavy atom. The predicted molar refractivity (Wildman–Crippen MR) is 129 cm³/mol. The minimum atomic E-state index is 0.219. The number of nitrogens with zero attached hydrogens (tertiary/aromatic N) is 2. The third kappa shape index (κ3) is 5.20. The van der Waals surface area contributed by atoms with Crippen molar-refractivity contribution in [1.29, 1.82) is 0 Å². The molecule has 166 valence electrons. The Labute approximate surface area is 191 Å². The molecule has 32 heavy (non-hydrogen) atoms. The van der Waals surface area contributed by atoms with E-state index < -0.39 is 0 Å². The molecule has 1 amide bonds. The molecule has 0 radical (unpaired) electrons. The first-order chi connectivity index (χ1) is 15.7. The van der Waals surface area contributed by atoms with Gasteiger partial charge in [-0.1, -0.05) is 72.8 Å². The van der Waals surface area contributed by atoms with Crippen LogP contribution in [-0.4, -0.2) is 49.0 Å². The van der Waals surface area contributed by atoms with Crippen LogP contribution in [0, 0.1) is 6.92 Å². The lowest BCUT2D eigenvalue weighted by Gasteiger charge is -2.40. The van der Waals surface area contributed by atoms with Gasteiger partial charge in [0.2, 0.25) is 5.91 Å². The molecule has 0 aromatic heterocycles. The van der Waals surface area contributed by atoms with Crippen LogP contribution in [0.3, 0.4) is 0 Å². The summed E-state index contributed by atoms with van der Waals surface area (Å²) >= 11 is 0. The topological polar surface area (TPSA) is 32.8 Å². The number of amides is 1. The van der Waals surface area contributed by atoms with Crippen molar-refractivity contribution in [3.63, 3.8) is 0 Å². The summed E-state index contributed by atoms with van der Waals surface area (Å²) < 4.78 is 5.33. The van der Waals surface area contributed by atoms with E-state index in [1.54, 1.807) is 7.11 Å². The molecule has 0 aliphatic carbocycles. The Morgan fingerprint density at radius 3 is 2.00 bits per heavy atom. The smallest absolute Gasteiger partial charge is 0.222 e. The van der Waals surface area contributed by atoms with E-state index in [2.05, 4.69) is 77.7 Å². The fourth-order valence-electron chi connectivity index (χ4n) is 4.62. The van der Waals surface area contributed by atoms with Crippen LogP contribution in [0.4, 0.5) is 0 Å². The van der Waals surface area contributed by atoms with E-state index in [1.165, 1.54) is 16.7 Å². The van der Waals surface area contributed by atoms with Crippen LogP contribution >= 0.6 is 0 Å². The van der Waals surface area contributed by atoms with Crippen LogP contribution in [0.1, 0.15) is 34.7 Å². The van der Waals surface area contributed by atoms with Gasteiger partial charge >= 0.3 is 0 Å². The van der Waals surface area contributed by atoms with Crippen LogP contribution in [0.2, 0.25) is 0 Å². The molecule has 3 aromatic carbocycles. The van der Waals surface area contributed by atoms with E-state index >= 15 is 0 Å². The predicted octanol–water partition coefficient (Wildman–Crippen LogP) is 4.87. The van der Waals surface area contributed by atoms with Crippen molar-refractivity contribution in [3.05, 3.63) is 101 Å². The second-order valence-corrected chi connectivity index (χ2v) is 8.44. The second-order valence-electron chi connectivity index (χ2n) is 8.44. The molecule has 4 rings (SSSR count). The number of carbonyl (C=O) groups excluding carboxylic acids is 1. The van der Waals surface area contributed by atoms with E-state index in [0.717, 1.165) is 43.9 Å². The Morgan fingerprint density at radius 2 is 1.47 bits per heavy atom. The third-order valence-corrected chi connectivity index (χ3v) is 6.35. The van der Waals surface area contributed by atoms with Gasteiger partial charge in [-0.2, -0.15) is 0 Å². The molecular formula is C28H32N2O2. The van der Waals surface area contributed by atoms with Crippen molar-refractivity contribution in [3.8, 4) is 5.75 Å². The molecule has 1 heterocycles. The SMILES string of the molecule is COc1ccc(CCC(=O)N2CCN(C(c3ccccc3)c3ccccc3)CC2)cc1C. The zero-order valence-corrected chi connectivity index (χ0v) is 19.0. The second kappa shape index (κ2) is 10.5. The molecular weight excluding hydrogens is 396 g/mol. The molecule has 3 aromatic rings. The van der Waals surface area contributed by atoms with Crippen molar-refractivity contribution in [1.82, 2.24) is 9.80 Å². The Kier molecular flexibility index (Phi) is 7.23. The zero-order valence-electron chi connectivity index (χ0n) is 19.0. The average Bonchev–Trinajstić information content (AvgIpc) is 2.84. The van der Waals surface area contributed by atoms with Gasteiger partial charge in [-0.05, 0) is 41.7 Å². The molecule has 0 saturated carbocycles. The number of rotatable bonds is 7. The molecule has 0 spiro atoms. The van der Waals surface area contributed by atoms with E-state index in [4.69, 9.17) is 4.74 Å². The highest BCUT2D eigenvalue weighted by atomic mass is 16.5. The van der Waals surface area contributed by atoms with Crippen LogP contribution in [-0.2, 0) is 11.2 Å². The van der Waals surface area contributed by atoms with Crippen LogP contribution < -0.4 is 4.74 Å². The standard InChI is InChI=1S/C28H32N2O2/c1-22-21-23(13-15-26(22)32-2)14-16-27(31)29-17-19-30(20-18-29)28(24-9-5-3-6-10-24)25-11-7-4-8-12-25/h3-13,15,21,28H,14,16-20H2,1-2H3. The number of hydrogen-bond acceptors (Lipinski definition) is 3. The highest BCUT2D eigenvalue weighted by Gasteiger charge is 2.27. The maximum Gasteiger partial charge on any atom is 0.222 e. The first-order valence-corrected chi connectivity index (χ1v) is 11.4. The third-order valence-electron chi connectivity index (χ3n) is 6.35. The summed E-state index contributed by atoms with van der Waals surface area (Å²) in [4.78, 5) is 17.4. The summed E-state index contributed by atoms with van der Waals surface area (Å²) in [5.41, 5.74) is 4.89. The normalized spacial score (nSPS) is 14.5. The van der Waals surface area contributed by atoms with Gasteiger partial charge in [0.25, 0.3) is 0 Å². The molecule has 1 aliphatic rings. The van der Waals surface area contributed by atoms with Crippen molar-refractivity contribution in [2.45, 2.75) is 25.8 Å². The molecule has 1 fully saturated rings. The number of aryl methyl sites for hydroxylation is 2. The Balaban J connectivity index is 1.37. The lowest BCUT2D eigenvalue weighted by atomic mass is 9.96. The molecule has 4 nitrogen and oxygen atoms in total. The highest BCUT2D eigenvalue weighted by molar-refractivity contribution is 5.76. The van der Waals surface area contributed by atoms with Gasteiger partial charge in [-0.25, -0.2) is 0 Å². The van der Waals surface area contributed by atoms with Gasteiger partial charge in [0.15, 0.2) is 0 Å². The molecule has 0 atom stereocenters. The van der Waals surface area contributed by atoms with Gasteiger partial charge in [0.1, 0.15) is 5.75 Å². The lowest BCUT2D eigenvalue weighted by Crippen LogP contribution is -2.49. The molecule has 1 saturated heterocycles. The van der Waals surface area contributed by atoms with Gasteiger partial charge in [0.05, 0.1) is 13.2 Å². The number of piperazine rings is 1. The molecule has 0 unspecified atom stereocenters. The molecule has 0 bridgehead atoms. The highest BCUT2D eigenvalue weighted by Crippen LogP contribution is 2.29. The van der Waals surface area contributed by atoms with Crippen molar-refractivity contribution in [2.24, 2.45) is 0 Å². The number of carbonyl (C=O) groups is 1. The van der Waals surface area contributed by atoms with Gasteiger partial charge in [-0.15, -0.1) is 0 Å². The quantitative estimate of drug-likeness (QED) is 0.538. The minimum Gasteiger partial charge on any atom is -0.496 e. The average molecular weight is 429 g/mol. The van der Waals surface area contributed by atoms with Gasteiger partial charge < -0.3 is 9.64 Å². The molecule has 4 heteroatoms. The number of hydrogen-bond donors (Lipinski definition) is 0. The van der Waals surface area contributed by atoms with E-state index in [1.807, 2.05) is 17.9 Å². The largest absolute Gasteiger partial charge is 0.496 e. The van der Waals surface area contributed by atoms with E-state index in [0.29, 0.717) is 6.42 Å². The van der Waals surface area contributed by atoms with Crippen LogP contribution in [0.25, 0.3) is 0 Å². The van der Waals surface area contributed by atoms with E-state index in [-0.39, 0.29) is 11.9 Å². The summed E-state index contributed by atoms with van der Waals surface area (Å²) in [6.45, 7) is 5.34. The summed E-state index contributed by atoms with van der Waals surface area (Å²) in [5, 5.41) is 0. The zero-order chi connectivity index (χ0) is 22.3. The number of benzene rings is 3.